The zero-order valence-electron chi connectivity index (χ0n) is 15.9. The zero-order chi connectivity index (χ0) is 19.2. The lowest BCUT2D eigenvalue weighted by atomic mass is 10.2. The summed E-state index contributed by atoms with van der Waals surface area (Å²) in [6.07, 6.45) is 4.67. The van der Waals surface area contributed by atoms with E-state index in [9.17, 15) is 9.50 Å². The first-order valence-electron chi connectivity index (χ1n) is 9.52. The van der Waals surface area contributed by atoms with Crippen LogP contribution in [0.15, 0.2) is 47.5 Å². The van der Waals surface area contributed by atoms with E-state index in [2.05, 4.69) is 28.7 Å². The number of anilines is 1. The van der Waals surface area contributed by atoms with Crippen LogP contribution in [0.4, 0.5) is 15.8 Å². The van der Waals surface area contributed by atoms with Crippen molar-refractivity contribution in [3.05, 3.63) is 53.8 Å². The Bertz CT molecular complexity index is 932. The van der Waals surface area contributed by atoms with E-state index in [1.54, 1.807) is 12.3 Å². The summed E-state index contributed by atoms with van der Waals surface area (Å²) in [5, 5.41) is 11.0. The molecule has 0 aliphatic heterocycles. The summed E-state index contributed by atoms with van der Waals surface area (Å²) in [6.45, 7) is 5.93. The van der Waals surface area contributed by atoms with Gasteiger partial charge in [-0.1, -0.05) is 38.5 Å². The van der Waals surface area contributed by atoms with Crippen molar-refractivity contribution in [3.63, 3.8) is 0 Å². The van der Waals surface area contributed by atoms with Crippen LogP contribution >= 0.6 is 0 Å². The van der Waals surface area contributed by atoms with Crippen LogP contribution in [0.1, 0.15) is 38.7 Å². The minimum absolute atomic E-state index is 0.0609. The summed E-state index contributed by atoms with van der Waals surface area (Å²) in [6, 6.07) is 12.7. The van der Waals surface area contributed by atoms with Crippen molar-refractivity contribution in [1.82, 2.24) is 4.98 Å². The number of para-hydroxylation sites is 1. The second-order valence-corrected chi connectivity index (χ2v) is 6.67. The predicted molar refractivity (Wildman–Crippen MR) is 111 cm³/mol. The van der Waals surface area contributed by atoms with Crippen molar-refractivity contribution in [2.75, 3.05) is 18.0 Å². The Morgan fingerprint density at radius 3 is 2.67 bits per heavy atom. The molecule has 0 radical (unpaired) electrons. The Kier molecular flexibility index (Phi) is 6.12. The van der Waals surface area contributed by atoms with Crippen LogP contribution in [0, 0.1) is 5.82 Å². The smallest absolute Gasteiger partial charge is 0.198 e. The van der Waals surface area contributed by atoms with Gasteiger partial charge in [-0.25, -0.2) is 4.39 Å². The molecule has 0 atom stereocenters. The normalized spacial score (nSPS) is 11.5. The third kappa shape index (κ3) is 4.30. The van der Waals surface area contributed by atoms with E-state index in [1.807, 2.05) is 30.3 Å². The number of unbranched alkanes of at least 4 members (excludes halogenated alkanes) is 1. The fraction of sp³-hybridized carbons (Fsp3) is 0.318. The molecule has 4 nitrogen and oxygen atoms in total. The van der Waals surface area contributed by atoms with Crippen LogP contribution in [0.5, 0.6) is 5.88 Å². The number of fused-ring (bicyclic) bond motifs is 1. The van der Waals surface area contributed by atoms with E-state index in [-0.39, 0.29) is 11.7 Å². The maximum Gasteiger partial charge on any atom is 0.198 e. The number of aromatic hydroxyl groups is 1. The standard InChI is InChI=1S/C22H26FN3O/c1-3-5-13-26(12-4-2)21-11-10-16(14-19(21)23)24-15-18-17-8-6-7-9-20(17)25-22(18)27/h6-11,14-15,25,27H,3-5,12-13H2,1-2H3. The maximum atomic E-state index is 14.7. The van der Waals surface area contributed by atoms with Crippen molar-refractivity contribution in [2.24, 2.45) is 4.99 Å². The Hall–Kier alpha value is -2.82. The highest BCUT2D eigenvalue weighted by molar-refractivity contribution is 6.02. The largest absolute Gasteiger partial charge is 0.494 e. The topological polar surface area (TPSA) is 51.6 Å². The molecule has 0 saturated heterocycles. The maximum absolute atomic E-state index is 14.7. The third-order valence-corrected chi connectivity index (χ3v) is 4.62. The molecular weight excluding hydrogens is 341 g/mol. The minimum Gasteiger partial charge on any atom is -0.494 e. The van der Waals surface area contributed by atoms with Gasteiger partial charge in [0.1, 0.15) is 5.82 Å². The molecule has 2 N–H and O–H groups in total. The lowest BCUT2D eigenvalue weighted by molar-refractivity contribution is 0.457. The Morgan fingerprint density at radius 2 is 1.93 bits per heavy atom. The summed E-state index contributed by atoms with van der Waals surface area (Å²) in [5.74, 6) is -0.205. The molecule has 0 amide bonds. The molecule has 0 spiro atoms. The summed E-state index contributed by atoms with van der Waals surface area (Å²) in [4.78, 5) is 9.38. The van der Waals surface area contributed by atoms with Gasteiger partial charge < -0.3 is 15.0 Å². The van der Waals surface area contributed by atoms with Gasteiger partial charge >= 0.3 is 0 Å². The monoisotopic (exact) mass is 367 g/mol. The third-order valence-electron chi connectivity index (χ3n) is 4.62. The molecule has 0 bridgehead atoms. The number of aromatic amines is 1. The van der Waals surface area contributed by atoms with E-state index in [0.717, 1.165) is 43.3 Å². The van der Waals surface area contributed by atoms with Crippen LogP contribution in [0.25, 0.3) is 10.9 Å². The van der Waals surface area contributed by atoms with Crippen molar-refractivity contribution < 1.29 is 9.50 Å². The van der Waals surface area contributed by atoms with Crippen LogP contribution in [-0.2, 0) is 0 Å². The number of nitrogens with one attached hydrogen (secondary N) is 1. The van der Waals surface area contributed by atoms with Crippen molar-refractivity contribution in [2.45, 2.75) is 33.1 Å². The second kappa shape index (κ2) is 8.71. The van der Waals surface area contributed by atoms with Gasteiger partial charge in [-0.3, -0.25) is 4.99 Å². The van der Waals surface area contributed by atoms with E-state index in [0.29, 0.717) is 16.9 Å². The SMILES string of the molecule is CCCCN(CCC)c1ccc(N=Cc2c(O)[nH]c3ccccc23)cc1F. The average molecular weight is 367 g/mol. The first-order valence-corrected chi connectivity index (χ1v) is 9.52. The Balaban J connectivity index is 1.84. The van der Waals surface area contributed by atoms with E-state index >= 15 is 0 Å². The number of H-pyrrole nitrogens is 1. The first-order chi connectivity index (χ1) is 13.1. The number of benzene rings is 2. The highest BCUT2D eigenvalue weighted by atomic mass is 19.1. The molecule has 0 unspecified atom stereocenters. The Labute approximate surface area is 159 Å². The highest BCUT2D eigenvalue weighted by Crippen LogP contribution is 2.28. The summed E-state index contributed by atoms with van der Waals surface area (Å²) >= 11 is 0. The predicted octanol–water partition coefficient (Wildman–Crippen LogP) is 5.78. The van der Waals surface area contributed by atoms with Crippen LogP contribution in [0.2, 0.25) is 0 Å². The van der Waals surface area contributed by atoms with Gasteiger partial charge in [0, 0.05) is 36.3 Å². The molecule has 142 valence electrons. The van der Waals surface area contributed by atoms with Crippen LogP contribution < -0.4 is 4.90 Å². The Morgan fingerprint density at radius 1 is 1.11 bits per heavy atom. The molecule has 2 aromatic carbocycles. The zero-order valence-corrected chi connectivity index (χ0v) is 15.9. The highest BCUT2D eigenvalue weighted by Gasteiger charge is 2.12. The molecule has 0 saturated carbocycles. The molecule has 1 aromatic heterocycles. The number of halogens is 1. The molecule has 0 aliphatic carbocycles. The fourth-order valence-corrected chi connectivity index (χ4v) is 3.22. The van der Waals surface area contributed by atoms with Crippen molar-refractivity contribution in [3.8, 4) is 5.88 Å². The minimum atomic E-state index is -0.266. The van der Waals surface area contributed by atoms with Crippen LogP contribution in [-0.4, -0.2) is 29.4 Å². The van der Waals surface area contributed by atoms with Gasteiger partial charge in [0.15, 0.2) is 5.88 Å². The van der Waals surface area contributed by atoms with Gasteiger partial charge in [0.2, 0.25) is 0 Å². The van der Waals surface area contributed by atoms with E-state index in [4.69, 9.17) is 0 Å². The molecule has 1 heterocycles. The van der Waals surface area contributed by atoms with Gasteiger partial charge in [0.05, 0.1) is 16.9 Å². The molecule has 3 rings (SSSR count). The first kappa shape index (κ1) is 19.0. The van der Waals surface area contributed by atoms with Gasteiger partial charge in [-0.05, 0) is 31.0 Å². The van der Waals surface area contributed by atoms with Gasteiger partial charge in [0.25, 0.3) is 0 Å². The van der Waals surface area contributed by atoms with Gasteiger partial charge in [-0.2, -0.15) is 0 Å². The fourth-order valence-electron chi connectivity index (χ4n) is 3.22. The van der Waals surface area contributed by atoms with E-state index in [1.165, 1.54) is 6.07 Å². The lowest BCUT2D eigenvalue weighted by Crippen LogP contribution is -2.26. The quantitative estimate of drug-likeness (QED) is 0.496. The molecule has 0 fully saturated rings. The van der Waals surface area contributed by atoms with E-state index < -0.39 is 0 Å². The number of aliphatic imine (C=N–C) groups is 1. The molecule has 27 heavy (non-hydrogen) atoms. The van der Waals surface area contributed by atoms with Crippen molar-refractivity contribution in [1.29, 1.82) is 0 Å². The second-order valence-electron chi connectivity index (χ2n) is 6.67. The average Bonchev–Trinajstić information content (AvgIpc) is 2.99. The van der Waals surface area contributed by atoms with Crippen molar-refractivity contribution >= 4 is 28.5 Å². The summed E-state index contributed by atoms with van der Waals surface area (Å²) in [7, 11) is 0. The van der Waals surface area contributed by atoms with Gasteiger partial charge in [-0.15, -0.1) is 0 Å². The number of nitrogens with zero attached hydrogens (tertiary/aromatic N) is 2. The molecule has 0 aliphatic rings. The number of aromatic nitrogens is 1. The summed E-state index contributed by atoms with van der Waals surface area (Å²) < 4.78 is 14.7. The molecule has 3 aromatic rings. The lowest BCUT2D eigenvalue weighted by Gasteiger charge is -2.24. The number of hydrogen-bond donors (Lipinski definition) is 2. The molecule has 5 heteroatoms. The molecular formula is C22H26FN3O. The number of hydrogen-bond acceptors (Lipinski definition) is 3. The number of rotatable bonds is 8. The van der Waals surface area contributed by atoms with Crippen LogP contribution in [0.3, 0.4) is 0 Å². The summed E-state index contributed by atoms with van der Waals surface area (Å²) in [5.41, 5.74) is 2.59.